The highest BCUT2D eigenvalue weighted by Crippen LogP contribution is 2.08. The van der Waals surface area contributed by atoms with Gasteiger partial charge in [0, 0.05) is 10.0 Å². The number of hydrogen-bond acceptors (Lipinski definition) is 1. The smallest absolute Gasteiger partial charge is 0.150 e. The fraction of sp³-hybridized carbons (Fsp3) is 0. The van der Waals surface area contributed by atoms with Gasteiger partial charge < -0.3 is 0 Å². The van der Waals surface area contributed by atoms with Crippen LogP contribution in [0, 0.1) is 6.07 Å². The summed E-state index contributed by atoms with van der Waals surface area (Å²) in [4.78, 5) is 10.1. The molecule has 1 aromatic carbocycles. The number of carbonyl (C=O) groups is 1. The Kier molecular flexibility index (Phi) is 2.01. The first kappa shape index (κ1) is 6.49. The second kappa shape index (κ2) is 2.78. The van der Waals surface area contributed by atoms with E-state index < -0.39 is 0 Å². The predicted octanol–water partition coefficient (Wildman–Crippen LogP) is 2.06. The minimum Gasteiger partial charge on any atom is -0.298 e. The van der Waals surface area contributed by atoms with E-state index in [2.05, 4.69) is 22.0 Å². The van der Waals surface area contributed by atoms with E-state index in [-0.39, 0.29) is 0 Å². The molecule has 0 amide bonds. The maximum Gasteiger partial charge on any atom is 0.150 e. The third kappa shape index (κ3) is 1.64. The lowest BCUT2D eigenvalue weighted by Crippen LogP contribution is -1.76. The van der Waals surface area contributed by atoms with Crippen LogP contribution in [0.25, 0.3) is 0 Å². The molecule has 0 unspecified atom stereocenters. The quantitative estimate of drug-likeness (QED) is 0.610. The van der Waals surface area contributed by atoms with Crippen LogP contribution in [0.5, 0.6) is 0 Å². The van der Waals surface area contributed by atoms with Gasteiger partial charge in [0.2, 0.25) is 0 Å². The Morgan fingerprint density at radius 2 is 2.44 bits per heavy atom. The third-order valence-electron chi connectivity index (χ3n) is 0.926. The molecule has 1 radical (unpaired) electrons. The summed E-state index contributed by atoms with van der Waals surface area (Å²) < 4.78 is 0.812. The first-order valence-corrected chi connectivity index (χ1v) is 3.24. The summed E-state index contributed by atoms with van der Waals surface area (Å²) in [6.45, 7) is 0. The van der Waals surface area contributed by atoms with E-state index in [1.807, 2.05) is 0 Å². The van der Waals surface area contributed by atoms with E-state index in [1.165, 1.54) is 0 Å². The van der Waals surface area contributed by atoms with Gasteiger partial charge in [-0.3, -0.25) is 4.79 Å². The average Bonchev–Trinajstić information content (AvgIpc) is 1.88. The van der Waals surface area contributed by atoms with Crippen LogP contribution < -0.4 is 0 Å². The Labute approximate surface area is 61.8 Å². The van der Waals surface area contributed by atoms with Crippen molar-refractivity contribution in [3.63, 3.8) is 0 Å². The van der Waals surface area contributed by atoms with Crippen molar-refractivity contribution < 1.29 is 4.79 Å². The summed E-state index contributed by atoms with van der Waals surface area (Å²) in [5, 5.41) is 0. The monoisotopic (exact) mass is 183 g/mol. The summed E-state index contributed by atoms with van der Waals surface area (Å²) in [5.41, 5.74) is 0.667. The molecule has 1 rings (SSSR count). The summed E-state index contributed by atoms with van der Waals surface area (Å²) in [7, 11) is 0. The van der Waals surface area contributed by atoms with Crippen molar-refractivity contribution in [2.24, 2.45) is 0 Å². The zero-order chi connectivity index (χ0) is 6.69. The van der Waals surface area contributed by atoms with Gasteiger partial charge in [-0.25, -0.2) is 0 Å². The van der Waals surface area contributed by atoms with Crippen molar-refractivity contribution in [1.82, 2.24) is 0 Å². The minimum atomic E-state index is 0.667. The van der Waals surface area contributed by atoms with E-state index in [9.17, 15) is 4.79 Å². The number of halogens is 1. The Morgan fingerprint density at radius 3 is 2.89 bits per heavy atom. The second-order valence-corrected chi connectivity index (χ2v) is 2.44. The molecule has 0 aliphatic carbocycles. The SMILES string of the molecule is O=Cc1cc[c]c(Br)c1. The van der Waals surface area contributed by atoms with E-state index in [1.54, 1.807) is 18.2 Å². The summed E-state index contributed by atoms with van der Waals surface area (Å²) in [5.74, 6) is 0. The summed E-state index contributed by atoms with van der Waals surface area (Å²) in [6.07, 6.45) is 0.804. The maximum atomic E-state index is 10.1. The Morgan fingerprint density at radius 1 is 1.67 bits per heavy atom. The van der Waals surface area contributed by atoms with Crippen molar-refractivity contribution in [1.29, 1.82) is 0 Å². The molecule has 0 spiro atoms. The summed E-state index contributed by atoms with van der Waals surface area (Å²) >= 11 is 3.19. The molecule has 0 saturated carbocycles. The fourth-order valence-corrected chi connectivity index (χ4v) is 0.923. The van der Waals surface area contributed by atoms with Crippen LogP contribution in [0.15, 0.2) is 22.7 Å². The molecule has 0 aliphatic heterocycles. The van der Waals surface area contributed by atoms with Gasteiger partial charge in [-0.15, -0.1) is 0 Å². The van der Waals surface area contributed by atoms with Gasteiger partial charge in [0.05, 0.1) is 0 Å². The number of aldehydes is 1. The highest BCUT2D eigenvalue weighted by molar-refractivity contribution is 9.10. The van der Waals surface area contributed by atoms with Gasteiger partial charge >= 0.3 is 0 Å². The molecule has 0 fully saturated rings. The van der Waals surface area contributed by atoms with Crippen molar-refractivity contribution in [3.05, 3.63) is 34.3 Å². The largest absolute Gasteiger partial charge is 0.298 e. The highest BCUT2D eigenvalue weighted by Gasteiger charge is 1.88. The zero-order valence-electron chi connectivity index (χ0n) is 4.60. The lowest BCUT2D eigenvalue weighted by molar-refractivity contribution is 0.112. The fourth-order valence-electron chi connectivity index (χ4n) is 0.527. The van der Waals surface area contributed by atoms with Gasteiger partial charge in [-0.1, -0.05) is 28.1 Å². The van der Waals surface area contributed by atoms with Crippen LogP contribution in [0.4, 0.5) is 0 Å². The van der Waals surface area contributed by atoms with Crippen molar-refractivity contribution in [2.75, 3.05) is 0 Å². The van der Waals surface area contributed by atoms with Gasteiger partial charge in [0.15, 0.2) is 0 Å². The summed E-state index contributed by atoms with van der Waals surface area (Å²) in [6, 6.07) is 7.99. The molecule has 0 saturated heterocycles. The molecule has 0 aromatic heterocycles. The first-order chi connectivity index (χ1) is 4.33. The molecule has 0 N–H and O–H groups in total. The molecule has 1 nitrogen and oxygen atoms in total. The van der Waals surface area contributed by atoms with Crippen LogP contribution in [0.3, 0.4) is 0 Å². The molecule has 1 aromatic rings. The molecule has 45 valence electrons. The molecular weight excluding hydrogens is 180 g/mol. The number of benzene rings is 1. The van der Waals surface area contributed by atoms with Crippen LogP contribution in [0.1, 0.15) is 10.4 Å². The zero-order valence-corrected chi connectivity index (χ0v) is 6.18. The van der Waals surface area contributed by atoms with E-state index in [0.29, 0.717) is 5.56 Å². The third-order valence-corrected chi connectivity index (χ3v) is 1.38. The normalized spacial score (nSPS) is 9.00. The van der Waals surface area contributed by atoms with E-state index >= 15 is 0 Å². The Bertz CT molecular complexity index is 220. The van der Waals surface area contributed by atoms with Gasteiger partial charge in [-0.05, 0) is 12.1 Å². The Balaban J connectivity index is 3.07. The number of rotatable bonds is 1. The van der Waals surface area contributed by atoms with E-state index in [4.69, 9.17) is 0 Å². The van der Waals surface area contributed by atoms with Crippen molar-refractivity contribution >= 4 is 22.2 Å². The lowest BCUT2D eigenvalue weighted by Gasteiger charge is -1.87. The molecule has 0 heterocycles. The first-order valence-electron chi connectivity index (χ1n) is 2.45. The second-order valence-electron chi connectivity index (χ2n) is 1.59. The van der Waals surface area contributed by atoms with Crippen molar-refractivity contribution in [3.8, 4) is 0 Å². The molecular formula is C7H4BrO. The maximum absolute atomic E-state index is 10.1. The highest BCUT2D eigenvalue weighted by atomic mass is 79.9. The standard InChI is InChI=1S/C7H4BrO/c8-7-3-1-2-6(4-7)5-9/h1-2,4-5H. The lowest BCUT2D eigenvalue weighted by atomic mass is 10.2. The molecule has 0 aliphatic rings. The number of hydrogen-bond donors (Lipinski definition) is 0. The number of carbonyl (C=O) groups excluding carboxylic acids is 1. The molecule has 2 heteroatoms. The van der Waals surface area contributed by atoms with Crippen molar-refractivity contribution in [2.45, 2.75) is 0 Å². The average molecular weight is 184 g/mol. The molecule has 9 heavy (non-hydrogen) atoms. The van der Waals surface area contributed by atoms with E-state index in [0.717, 1.165) is 10.8 Å². The molecule has 0 atom stereocenters. The van der Waals surface area contributed by atoms with Crippen LogP contribution in [0.2, 0.25) is 0 Å². The topological polar surface area (TPSA) is 17.1 Å². The van der Waals surface area contributed by atoms with Crippen LogP contribution in [-0.2, 0) is 0 Å². The minimum absolute atomic E-state index is 0.667. The van der Waals surface area contributed by atoms with Crippen LogP contribution in [-0.4, -0.2) is 6.29 Å². The predicted molar refractivity (Wildman–Crippen MR) is 38.4 cm³/mol. The van der Waals surface area contributed by atoms with Gasteiger partial charge in [0.1, 0.15) is 6.29 Å². The molecule has 0 bridgehead atoms. The Hall–Kier alpha value is -0.630. The van der Waals surface area contributed by atoms with Gasteiger partial charge in [-0.2, -0.15) is 0 Å². The van der Waals surface area contributed by atoms with Gasteiger partial charge in [0.25, 0.3) is 0 Å². The van der Waals surface area contributed by atoms with Crippen LogP contribution >= 0.6 is 15.9 Å².